The van der Waals surface area contributed by atoms with Gasteiger partial charge in [0.05, 0.1) is 24.8 Å². The van der Waals surface area contributed by atoms with Crippen LogP contribution in [0.2, 0.25) is 0 Å². The summed E-state index contributed by atoms with van der Waals surface area (Å²) in [6, 6.07) is 8.12. The van der Waals surface area contributed by atoms with E-state index in [4.69, 9.17) is 10.5 Å². The molecular formula is C13H17N3O. The van der Waals surface area contributed by atoms with Crippen LogP contribution in [-0.2, 0) is 11.3 Å². The van der Waals surface area contributed by atoms with Gasteiger partial charge in [-0.25, -0.2) is 4.98 Å². The molecule has 2 N–H and O–H groups in total. The molecule has 0 saturated carbocycles. The number of ether oxygens (including phenoxy) is 1. The Morgan fingerprint density at radius 3 is 3.00 bits per heavy atom. The second-order valence-electron chi connectivity index (χ2n) is 4.08. The highest BCUT2D eigenvalue weighted by atomic mass is 16.5. The molecule has 1 aromatic carbocycles. The van der Waals surface area contributed by atoms with Crippen molar-refractivity contribution in [1.82, 2.24) is 9.55 Å². The van der Waals surface area contributed by atoms with Gasteiger partial charge in [-0.3, -0.25) is 0 Å². The standard InChI is InChI=1S/C13H17N3O/c1-10(14)13-7-15-9-16(13)12-5-3-4-11(6-12)8-17-2/h3-7,9-10H,8,14H2,1-2H3. The van der Waals surface area contributed by atoms with Crippen molar-refractivity contribution in [2.75, 3.05) is 7.11 Å². The summed E-state index contributed by atoms with van der Waals surface area (Å²) in [7, 11) is 1.69. The molecule has 2 aromatic rings. The topological polar surface area (TPSA) is 53.1 Å². The Labute approximate surface area is 101 Å². The zero-order valence-corrected chi connectivity index (χ0v) is 10.1. The van der Waals surface area contributed by atoms with Crippen molar-refractivity contribution in [3.05, 3.63) is 48.0 Å². The van der Waals surface area contributed by atoms with Crippen LogP contribution in [0.3, 0.4) is 0 Å². The molecule has 2 rings (SSSR count). The molecular weight excluding hydrogens is 214 g/mol. The monoisotopic (exact) mass is 231 g/mol. The Hall–Kier alpha value is -1.65. The van der Waals surface area contributed by atoms with Gasteiger partial charge in [0, 0.05) is 18.8 Å². The summed E-state index contributed by atoms with van der Waals surface area (Å²) in [5.41, 5.74) is 9.10. The first-order valence-electron chi connectivity index (χ1n) is 5.58. The number of aromatic nitrogens is 2. The molecule has 0 radical (unpaired) electrons. The number of nitrogens with zero attached hydrogens (tertiary/aromatic N) is 2. The molecule has 0 spiro atoms. The van der Waals surface area contributed by atoms with Crippen molar-refractivity contribution >= 4 is 0 Å². The Morgan fingerprint density at radius 1 is 1.47 bits per heavy atom. The third kappa shape index (κ3) is 2.54. The fourth-order valence-electron chi connectivity index (χ4n) is 1.82. The Kier molecular flexibility index (Phi) is 3.56. The van der Waals surface area contributed by atoms with Gasteiger partial charge in [0.1, 0.15) is 0 Å². The molecule has 1 aromatic heterocycles. The minimum atomic E-state index is -0.0384. The summed E-state index contributed by atoms with van der Waals surface area (Å²) in [6.07, 6.45) is 3.58. The van der Waals surface area contributed by atoms with Gasteiger partial charge in [-0.2, -0.15) is 0 Å². The van der Waals surface area contributed by atoms with Gasteiger partial charge in [-0.15, -0.1) is 0 Å². The molecule has 0 aliphatic heterocycles. The van der Waals surface area contributed by atoms with E-state index in [1.54, 1.807) is 19.6 Å². The minimum absolute atomic E-state index is 0.0384. The van der Waals surface area contributed by atoms with Gasteiger partial charge in [-0.05, 0) is 24.6 Å². The highest BCUT2D eigenvalue weighted by Crippen LogP contribution is 2.17. The third-order valence-corrected chi connectivity index (χ3v) is 2.63. The van der Waals surface area contributed by atoms with Crippen LogP contribution in [0.5, 0.6) is 0 Å². The lowest BCUT2D eigenvalue weighted by molar-refractivity contribution is 0.185. The first kappa shape index (κ1) is 11.8. The Bertz CT molecular complexity index is 491. The van der Waals surface area contributed by atoms with E-state index in [1.165, 1.54) is 0 Å². The molecule has 17 heavy (non-hydrogen) atoms. The van der Waals surface area contributed by atoms with E-state index < -0.39 is 0 Å². The van der Waals surface area contributed by atoms with Crippen molar-refractivity contribution < 1.29 is 4.74 Å². The van der Waals surface area contributed by atoms with Gasteiger partial charge >= 0.3 is 0 Å². The van der Waals surface area contributed by atoms with E-state index in [0.29, 0.717) is 6.61 Å². The SMILES string of the molecule is COCc1cccc(-n2cncc2C(C)N)c1. The molecule has 0 amide bonds. The quantitative estimate of drug-likeness (QED) is 0.876. The van der Waals surface area contributed by atoms with Gasteiger partial charge < -0.3 is 15.0 Å². The highest BCUT2D eigenvalue weighted by Gasteiger charge is 2.08. The predicted octanol–water partition coefficient (Wildman–Crippen LogP) is 2.04. The molecule has 1 atom stereocenters. The number of hydrogen-bond acceptors (Lipinski definition) is 3. The van der Waals surface area contributed by atoms with Crippen LogP contribution in [0.1, 0.15) is 24.2 Å². The van der Waals surface area contributed by atoms with Crippen LogP contribution in [0.4, 0.5) is 0 Å². The van der Waals surface area contributed by atoms with Crippen LogP contribution in [0.15, 0.2) is 36.8 Å². The zero-order valence-electron chi connectivity index (χ0n) is 10.1. The molecule has 0 saturated heterocycles. The minimum Gasteiger partial charge on any atom is -0.380 e. The second kappa shape index (κ2) is 5.12. The lowest BCUT2D eigenvalue weighted by atomic mass is 10.2. The fourth-order valence-corrected chi connectivity index (χ4v) is 1.82. The van der Waals surface area contributed by atoms with E-state index >= 15 is 0 Å². The molecule has 4 nitrogen and oxygen atoms in total. The fraction of sp³-hybridized carbons (Fsp3) is 0.308. The number of imidazole rings is 1. The normalized spacial score (nSPS) is 12.6. The molecule has 1 heterocycles. The average molecular weight is 231 g/mol. The maximum atomic E-state index is 5.91. The summed E-state index contributed by atoms with van der Waals surface area (Å²) in [5, 5.41) is 0. The highest BCUT2D eigenvalue weighted by molar-refractivity contribution is 5.37. The summed E-state index contributed by atoms with van der Waals surface area (Å²) < 4.78 is 7.13. The first-order chi connectivity index (χ1) is 8.22. The van der Waals surface area contributed by atoms with Crippen molar-refractivity contribution in [2.45, 2.75) is 19.6 Å². The van der Waals surface area contributed by atoms with Gasteiger partial charge in [0.25, 0.3) is 0 Å². The molecule has 4 heteroatoms. The molecule has 0 aliphatic rings. The Balaban J connectivity index is 2.38. The van der Waals surface area contributed by atoms with Gasteiger partial charge in [0.15, 0.2) is 0 Å². The van der Waals surface area contributed by atoms with Crippen molar-refractivity contribution in [1.29, 1.82) is 0 Å². The van der Waals surface area contributed by atoms with E-state index in [1.807, 2.05) is 29.7 Å². The van der Waals surface area contributed by atoms with Crippen LogP contribution >= 0.6 is 0 Å². The van der Waals surface area contributed by atoms with Crippen molar-refractivity contribution in [3.8, 4) is 5.69 Å². The summed E-state index contributed by atoms with van der Waals surface area (Å²) in [5.74, 6) is 0. The van der Waals surface area contributed by atoms with Gasteiger partial charge in [-0.1, -0.05) is 12.1 Å². The van der Waals surface area contributed by atoms with Crippen LogP contribution < -0.4 is 5.73 Å². The number of methoxy groups -OCH3 is 1. The molecule has 1 unspecified atom stereocenters. The van der Waals surface area contributed by atoms with Crippen molar-refractivity contribution in [3.63, 3.8) is 0 Å². The summed E-state index contributed by atoms with van der Waals surface area (Å²) in [4.78, 5) is 4.15. The Morgan fingerprint density at radius 2 is 2.29 bits per heavy atom. The van der Waals surface area contributed by atoms with Crippen LogP contribution in [0, 0.1) is 0 Å². The lowest BCUT2D eigenvalue weighted by Gasteiger charge is -2.11. The summed E-state index contributed by atoms with van der Waals surface area (Å²) in [6.45, 7) is 2.56. The predicted molar refractivity (Wildman–Crippen MR) is 66.9 cm³/mol. The van der Waals surface area contributed by atoms with E-state index in [0.717, 1.165) is 16.9 Å². The van der Waals surface area contributed by atoms with E-state index in [9.17, 15) is 0 Å². The number of hydrogen-bond donors (Lipinski definition) is 1. The van der Waals surface area contributed by atoms with Crippen LogP contribution in [0.25, 0.3) is 5.69 Å². The largest absolute Gasteiger partial charge is 0.380 e. The van der Waals surface area contributed by atoms with Crippen LogP contribution in [-0.4, -0.2) is 16.7 Å². The number of rotatable bonds is 4. The molecule has 0 fully saturated rings. The zero-order chi connectivity index (χ0) is 12.3. The maximum absolute atomic E-state index is 5.91. The number of nitrogens with two attached hydrogens (primary N) is 1. The summed E-state index contributed by atoms with van der Waals surface area (Å²) >= 11 is 0. The molecule has 0 aliphatic carbocycles. The van der Waals surface area contributed by atoms with E-state index in [2.05, 4.69) is 11.1 Å². The molecule has 0 bridgehead atoms. The smallest absolute Gasteiger partial charge is 0.0994 e. The first-order valence-corrected chi connectivity index (χ1v) is 5.58. The second-order valence-corrected chi connectivity index (χ2v) is 4.08. The lowest BCUT2D eigenvalue weighted by Crippen LogP contribution is -2.10. The number of benzene rings is 1. The van der Waals surface area contributed by atoms with Gasteiger partial charge in [0.2, 0.25) is 0 Å². The average Bonchev–Trinajstić information content (AvgIpc) is 2.79. The third-order valence-electron chi connectivity index (χ3n) is 2.63. The molecule has 90 valence electrons. The maximum Gasteiger partial charge on any atom is 0.0994 e. The van der Waals surface area contributed by atoms with E-state index in [-0.39, 0.29) is 6.04 Å². The van der Waals surface area contributed by atoms with Crippen molar-refractivity contribution in [2.24, 2.45) is 5.73 Å².